The molecule has 0 radical (unpaired) electrons. The summed E-state index contributed by atoms with van der Waals surface area (Å²) in [4.78, 5) is 14.0. The van der Waals surface area contributed by atoms with E-state index in [9.17, 15) is 0 Å². The van der Waals surface area contributed by atoms with Crippen LogP contribution in [-0.4, -0.2) is 58.5 Å². The van der Waals surface area contributed by atoms with Crippen molar-refractivity contribution in [3.05, 3.63) is 18.1 Å². The highest BCUT2D eigenvalue weighted by molar-refractivity contribution is 5.30. The van der Waals surface area contributed by atoms with Crippen molar-refractivity contribution in [3.8, 4) is 0 Å². The first-order chi connectivity index (χ1) is 9.35. The highest BCUT2D eigenvalue weighted by Crippen LogP contribution is 2.27. The second kappa shape index (κ2) is 5.84. The molecule has 2 aliphatic rings. The van der Waals surface area contributed by atoms with E-state index < -0.39 is 0 Å². The van der Waals surface area contributed by atoms with Gasteiger partial charge in [-0.2, -0.15) is 0 Å². The van der Waals surface area contributed by atoms with Crippen molar-refractivity contribution in [1.29, 1.82) is 0 Å². The molecular formula is C14H23N5. The fourth-order valence-electron chi connectivity index (χ4n) is 2.66. The van der Waals surface area contributed by atoms with E-state index in [1.807, 2.05) is 12.4 Å². The predicted molar refractivity (Wildman–Crippen MR) is 76.1 cm³/mol. The Balaban J connectivity index is 1.48. The van der Waals surface area contributed by atoms with Gasteiger partial charge in [-0.3, -0.25) is 14.8 Å². The van der Waals surface area contributed by atoms with E-state index in [2.05, 4.69) is 32.0 Å². The Bertz CT molecular complexity index is 393. The van der Waals surface area contributed by atoms with E-state index in [4.69, 9.17) is 0 Å². The molecule has 19 heavy (non-hydrogen) atoms. The van der Waals surface area contributed by atoms with Crippen molar-refractivity contribution in [2.45, 2.75) is 32.4 Å². The van der Waals surface area contributed by atoms with Gasteiger partial charge in [0.05, 0.1) is 18.1 Å². The molecule has 1 saturated heterocycles. The Morgan fingerprint density at radius 2 is 1.95 bits per heavy atom. The second-order valence-corrected chi connectivity index (χ2v) is 5.47. The first-order valence-electron chi connectivity index (χ1n) is 7.36. The van der Waals surface area contributed by atoms with Gasteiger partial charge < -0.3 is 5.32 Å². The molecule has 0 atom stereocenters. The number of hydrogen-bond acceptors (Lipinski definition) is 5. The van der Waals surface area contributed by atoms with Crippen LogP contribution < -0.4 is 5.32 Å². The maximum Gasteiger partial charge on any atom is 0.144 e. The van der Waals surface area contributed by atoms with E-state index in [1.54, 1.807) is 0 Å². The minimum Gasteiger partial charge on any atom is -0.369 e. The van der Waals surface area contributed by atoms with Crippen LogP contribution in [0.1, 0.15) is 25.5 Å². The van der Waals surface area contributed by atoms with Gasteiger partial charge in [0.2, 0.25) is 0 Å². The fourth-order valence-corrected chi connectivity index (χ4v) is 2.66. The lowest BCUT2D eigenvalue weighted by Crippen LogP contribution is -2.46. The van der Waals surface area contributed by atoms with Crippen molar-refractivity contribution < 1.29 is 0 Å². The molecule has 0 spiro atoms. The fraction of sp³-hybridized carbons (Fsp3) is 0.714. The number of rotatable bonds is 5. The summed E-state index contributed by atoms with van der Waals surface area (Å²) in [5, 5.41) is 3.17. The molecule has 104 valence electrons. The maximum atomic E-state index is 4.48. The first-order valence-corrected chi connectivity index (χ1v) is 7.36. The van der Waals surface area contributed by atoms with Gasteiger partial charge in [0.15, 0.2) is 0 Å². The minimum atomic E-state index is 0.866. The third-order valence-electron chi connectivity index (χ3n) is 3.92. The van der Waals surface area contributed by atoms with Crippen molar-refractivity contribution in [1.82, 2.24) is 19.8 Å². The molecule has 3 rings (SSSR count). The van der Waals surface area contributed by atoms with Crippen LogP contribution in [0.25, 0.3) is 0 Å². The molecule has 0 amide bonds. The molecule has 1 aliphatic carbocycles. The van der Waals surface area contributed by atoms with E-state index >= 15 is 0 Å². The highest BCUT2D eigenvalue weighted by atomic mass is 15.3. The van der Waals surface area contributed by atoms with Crippen molar-refractivity contribution in [3.63, 3.8) is 0 Å². The van der Waals surface area contributed by atoms with Crippen molar-refractivity contribution in [2.75, 3.05) is 38.0 Å². The average molecular weight is 261 g/mol. The largest absolute Gasteiger partial charge is 0.369 e. The molecule has 0 unspecified atom stereocenters. The molecule has 2 heterocycles. The number of hydrogen-bond donors (Lipinski definition) is 1. The second-order valence-electron chi connectivity index (χ2n) is 5.47. The maximum absolute atomic E-state index is 4.48. The zero-order valence-electron chi connectivity index (χ0n) is 11.7. The Labute approximate surface area is 115 Å². The van der Waals surface area contributed by atoms with E-state index in [0.29, 0.717) is 0 Å². The van der Waals surface area contributed by atoms with Gasteiger partial charge in [0.1, 0.15) is 5.82 Å². The van der Waals surface area contributed by atoms with Crippen molar-refractivity contribution >= 4 is 5.82 Å². The summed E-state index contributed by atoms with van der Waals surface area (Å²) in [6.45, 7) is 8.63. The van der Waals surface area contributed by atoms with Crippen LogP contribution in [0.5, 0.6) is 0 Å². The summed E-state index contributed by atoms with van der Waals surface area (Å²) < 4.78 is 0. The highest BCUT2D eigenvalue weighted by Gasteiger charge is 2.31. The Kier molecular flexibility index (Phi) is 3.94. The van der Waals surface area contributed by atoms with E-state index in [-0.39, 0.29) is 0 Å². The molecule has 1 saturated carbocycles. The van der Waals surface area contributed by atoms with Crippen LogP contribution in [0.2, 0.25) is 0 Å². The van der Waals surface area contributed by atoms with Gasteiger partial charge in [-0.05, 0) is 19.8 Å². The summed E-state index contributed by atoms with van der Waals surface area (Å²) >= 11 is 0. The van der Waals surface area contributed by atoms with Crippen LogP contribution in [0.4, 0.5) is 5.82 Å². The summed E-state index contributed by atoms with van der Waals surface area (Å²) in [6.07, 6.45) is 6.55. The predicted octanol–water partition coefficient (Wildman–Crippen LogP) is 1.19. The number of anilines is 1. The van der Waals surface area contributed by atoms with Gasteiger partial charge in [-0.1, -0.05) is 0 Å². The lowest BCUT2D eigenvalue weighted by atomic mass is 10.3. The van der Waals surface area contributed by atoms with Gasteiger partial charge in [-0.15, -0.1) is 0 Å². The Morgan fingerprint density at radius 3 is 2.53 bits per heavy atom. The summed E-state index contributed by atoms with van der Waals surface area (Å²) in [5.41, 5.74) is 1.07. The van der Waals surface area contributed by atoms with Gasteiger partial charge in [0, 0.05) is 45.3 Å². The molecule has 1 aliphatic heterocycles. The molecule has 5 nitrogen and oxygen atoms in total. The normalized spacial score (nSPS) is 21.5. The molecule has 1 aromatic rings. The van der Waals surface area contributed by atoms with Crippen LogP contribution in [0.3, 0.4) is 0 Å². The average Bonchev–Trinajstić information content (AvgIpc) is 3.27. The molecule has 1 N–H and O–H groups in total. The van der Waals surface area contributed by atoms with Crippen molar-refractivity contribution in [2.24, 2.45) is 0 Å². The van der Waals surface area contributed by atoms with Gasteiger partial charge >= 0.3 is 0 Å². The molecule has 5 heteroatoms. The smallest absolute Gasteiger partial charge is 0.144 e. The summed E-state index contributed by atoms with van der Waals surface area (Å²) in [7, 11) is 0. The SMILES string of the molecule is CCNc1cnc(CN2CCN(C3CC3)CC2)cn1. The van der Waals surface area contributed by atoms with Gasteiger partial charge in [0.25, 0.3) is 0 Å². The standard InChI is InChI=1S/C14H23N5/c1-2-15-14-10-16-12(9-17-14)11-18-5-7-19(8-6-18)13-3-4-13/h9-10,13H,2-8,11H2,1H3,(H,15,17). The van der Waals surface area contributed by atoms with Crippen LogP contribution in [-0.2, 0) is 6.54 Å². The Hall–Kier alpha value is -1.20. The zero-order chi connectivity index (χ0) is 13.1. The summed E-state index contributed by atoms with van der Waals surface area (Å²) in [6, 6.07) is 0.904. The molecular weight excluding hydrogens is 238 g/mol. The van der Waals surface area contributed by atoms with E-state index in [0.717, 1.165) is 43.7 Å². The molecule has 0 bridgehead atoms. The lowest BCUT2D eigenvalue weighted by molar-refractivity contribution is 0.120. The first kappa shape index (κ1) is 12.8. The third-order valence-corrected chi connectivity index (χ3v) is 3.92. The number of nitrogens with zero attached hydrogens (tertiary/aromatic N) is 4. The molecule has 1 aromatic heterocycles. The zero-order valence-corrected chi connectivity index (χ0v) is 11.7. The minimum absolute atomic E-state index is 0.866. The Morgan fingerprint density at radius 1 is 1.16 bits per heavy atom. The number of piperazine rings is 1. The van der Waals surface area contributed by atoms with Gasteiger partial charge in [-0.25, -0.2) is 4.98 Å². The summed E-state index contributed by atoms with van der Waals surface area (Å²) in [5.74, 6) is 0.866. The van der Waals surface area contributed by atoms with Crippen LogP contribution in [0.15, 0.2) is 12.4 Å². The topological polar surface area (TPSA) is 44.3 Å². The quantitative estimate of drug-likeness (QED) is 0.862. The van der Waals surface area contributed by atoms with Crippen LogP contribution in [0, 0.1) is 0 Å². The third kappa shape index (κ3) is 3.42. The lowest BCUT2D eigenvalue weighted by Gasteiger charge is -2.34. The monoisotopic (exact) mass is 261 g/mol. The van der Waals surface area contributed by atoms with Crippen LogP contribution >= 0.6 is 0 Å². The molecule has 2 fully saturated rings. The number of nitrogens with one attached hydrogen (secondary N) is 1. The van der Waals surface area contributed by atoms with E-state index in [1.165, 1.54) is 25.9 Å². The molecule has 0 aromatic carbocycles. The number of aromatic nitrogens is 2.